The highest BCUT2D eigenvalue weighted by molar-refractivity contribution is 5.83. The van der Waals surface area contributed by atoms with Crippen LogP contribution in [-0.4, -0.2) is 36.5 Å². The molecule has 2 aliphatic heterocycles. The summed E-state index contributed by atoms with van der Waals surface area (Å²) in [5.41, 5.74) is 0.00943. The van der Waals surface area contributed by atoms with Crippen LogP contribution >= 0.6 is 0 Å². The van der Waals surface area contributed by atoms with Crippen molar-refractivity contribution in [3.8, 4) is 0 Å². The lowest BCUT2D eigenvalue weighted by atomic mass is 9.80. The smallest absolute Gasteiger partial charge is 0.229 e. The van der Waals surface area contributed by atoms with Crippen molar-refractivity contribution in [2.45, 2.75) is 70.8 Å². The number of nitrogens with one attached hydrogen (secondary N) is 1. The van der Waals surface area contributed by atoms with Crippen molar-refractivity contribution < 1.29 is 4.79 Å². The van der Waals surface area contributed by atoms with Gasteiger partial charge in [0.25, 0.3) is 0 Å². The van der Waals surface area contributed by atoms with Crippen LogP contribution in [0.4, 0.5) is 0 Å². The summed E-state index contributed by atoms with van der Waals surface area (Å²) in [5.74, 6) is 1.26. The van der Waals surface area contributed by atoms with Gasteiger partial charge < -0.3 is 10.2 Å². The number of hydrogen-bond donors (Lipinski definition) is 1. The molecule has 1 amide bonds. The van der Waals surface area contributed by atoms with Gasteiger partial charge in [-0.15, -0.1) is 0 Å². The van der Waals surface area contributed by atoms with E-state index in [2.05, 4.69) is 17.1 Å². The molecule has 1 atom stereocenters. The van der Waals surface area contributed by atoms with Crippen LogP contribution < -0.4 is 5.32 Å². The normalized spacial score (nSPS) is 30.9. The van der Waals surface area contributed by atoms with Crippen LogP contribution in [0.25, 0.3) is 0 Å². The first-order valence-corrected chi connectivity index (χ1v) is 8.79. The molecule has 3 nitrogen and oxygen atoms in total. The van der Waals surface area contributed by atoms with Crippen LogP contribution in [0.5, 0.6) is 0 Å². The van der Waals surface area contributed by atoms with Crippen molar-refractivity contribution in [3.63, 3.8) is 0 Å². The van der Waals surface area contributed by atoms with E-state index in [1.165, 1.54) is 38.5 Å². The van der Waals surface area contributed by atoms with Gasteiger partial charge in [0, 0.05) is 18.0 Å². The second-order valence-corrected chi connectivity index (χ2v) is 7.14. The topological polar surface area (TPSA) is 32.3 Å². The molecule has 2 heterocycles. The number of likely N-dealkylation sites (tertiary alicyclic amines) is 1. The van der Waals surface area contributed by atoms with Crippen molar-refractivity contribution >= 4 is 5.91 Å². The Morgan fingerprint density at radius 1 is 1.15 bits per heavy atom. The largest absolute Gasteiger partial charge is 0.339 e. The standard InChI is InChI=1S/C17H30N2O/c1-2-17(9-3-4-10-17)16(20)19-13-5-6-15(19)14-7-11-18-12-8-14/h14-15,18H,2-13H2,1H3. The fourth-order valence-electron chi connectivity index (χ4n) is 4.84. The lowest BCUT2D eigenvalue weighted by Crippen LogP contribution is -2.49. The number of hydrogen-bond acceptors (Lipinski definition) is 2. The molecule has 3 rings (SSSR count). The van der Waals surface area contributed by atoms with Gasteiger partial charge in [-0.1, -0.05) is 19.8 Å². The Morgan fingerprint density at radius 2 is 1.85 bits per heavy atom. The van der Waals surface area contributed by atoms with Crippen LogP contribution in [0.15, 0.2) is 0 Å². The Kier molecular flexibility index (Phi) is 4.34. The van der Waals surface area contributed by atoms with Crippen molar-refractivity contribution in [1.82, 2.24) is 10.2 Å². The monoisotopic (exact) mass is 278 g/mol. The van der Waals surface area contributed by atoms with E-state index in [0.717, 1.165) is 44.8 Å². The van der Waals surface area contributed by atoms with Gasteiger partial charge >= 0.3 is 0 Å². The first-order valence-electron chi connectivity index (χ1n) is 8.79. The molecule has 0 aromatic heterocycles. The second kappa shape index (κ2) is 6.05. The minimum atomic E-state index is 0.00943. The number of carbonyl (C=O) groups excluding carboxylic acids is 1. The van der Waals surface area contributed by atoms with E-state index in [9.17, 15) is 4.79 Å². The van der Waals surface area contributed by atoms with Gasteiger partial charge in [0.2, 0.25) is 5.91 Å². The van der Waals surface area contributed by atoms with E-state index in [0.29, 0.717) is 11.9 Å². The van der Waals surface area contributed by atoms with Crippen molar-refractivity contribution in [2.75, 3.05) is 19.6 Å². The number of amides is 1. The number of rotatable bonds is 3. The molecule has 3 aliphatic rings. The molecule has 1 unspecified atom stereocenters. The molecular weight excluding hydrogens is 248 g/mol. The zero-order valence-electron chi connectivity index (χ0n) is 13.0. The highest BCUT2D eigenvalue weighted by Crippen LogP contribution is 2.44. The number of carbonyl (C=O) groups is 1. The van der Waals surface area contributed by atoms with Gasteiger partial charge in [0.05, 0.1) is 0 Å². The molecule has 0 spiro atoms. The molecular formula is C17H30N2O. The van der Waals surface area contributed by atoms with E-state index in [1.54, 1.807) is 0 Å². The van der Waals surface area contributed by atoms with Crippen LogP contribution in [0.3, 0.4) is 0 Å². The van der Waals surface area contributed by atoms with Crippen molar-refractivity contribution in [1.29, 1.82) is 0 Å². The predicted molar refractivity (Wildman–Crippen MR) is 81.5 cm³/mol. The Morgan fingerprint density at radius 3 is 2.50 bits per heavy atom. The van der Waals surface area contributed by atoms with Crippen LogP contribution in [-0.2, 0) is 4.79 Å². The molecule has 20 heavy (non-hydrogen) atoms. The molecule has 3 fully saturated rings. The van der Waals surface area contributed by atoms with E-state index < -0.39 is 0 Å². The summed E-state index contributed by atoms with van der Waals surface area (Å²) in [7, 11) is 0. The maximum atomic E-state index is 13.2. The van der Waals surface area contributed by atoms with Gasteiger partial charge in [0.15, 0.2) is 0 Å². The molecule has 114 valence electrons. The van der Waals surface area contributed by atoms with Gasteiger partial charge in [0.1, 0.15) is 0 Å². The minimum Gasteiger partial charge on any atom is -0.339 e. The summed E-state index contributed by atoms with van der Waals surface area (Å²) in [6.07, 6.45) is 10.8. The Bertz CT molecular complexity index is 343. The maximum Gasteiger partial charge on any atom is 0.229 e. The van der Waals surface area contributed by atoms with E-state index >= 15 is 0 Å². The lowest BCUT2D eigenvalue weighted by Gasteiger charge is -2.39. The summed E-state index contributed by atoms with van der Waals surface area (Å²) in [5, 5.41) is 3.45. The molecule has 0 aromatic rings. The van der Waals surface area contributed by atoms with Gasteiger partial charge in [-0.3, -0.25) is 4.79 Å². The minimum absolute atomic E-state index is 0.00943. The molecule has 3 heteroatoms. The summed E-state index contributed by atoms with van der Waals surface area (Å²) in [6, 6.07) is 0.550. The highest BCUT2D eigenvalue weighted by Gasteiger charge is 2.45. The lowest BCUT2D eigenvalue weighted by molar-refractivity contribution is -0.144. The van der Waals surface area contributed by atoms with E-state index in [-0.39, 0.29) is 5.41 Å². The number of nitrogens with zero attached hydrogens (tertiary/aromatic N) is 1. The zero-order chi connectivity index (χ0) is 14.0. The van der Waals surface area contributed by atoms with Gasteiger partial charge in [-0.2, -0.15) is 0 Å². The fraction of sp³-hybridized carbons (Fsp3) is 0.941. The summed E-state index contributed by atoms with van der Waals surface area (Å²) in [6.45, 7) is 5.53. The molecule has 0 radical (unpaired) electrons. The Labute approximate surface area is 123 Å². The van der Waals surface area contributed by atoms with Gasteiger partial charge in [-0.25, -0.2) is 0 Å². The predicted octanol–water partition coefficient (Wildman–Crippen LogP) is 2.95. The number of piperidine rings is 1. The van der Waals surface area contributed by atoms with Gasteiger partial charge in [-0.05, 0) is 64.0 Å². The maximum absolute atomic E-state index is 13.2. The quantitative estimate of drug-likeness (QED) is 0.861. The third-order valence-corrected chi connectivity index (χ3v) is 6.18. The first-order chi connectivity index (χ1) is 9.77. The molecule has 0 bridgehead atoms. The van der Waals surface area contributed by atoms with Crippen LogP contribution in [0.1, 0.15) is 64.7 Å². The first kappa shape index (κ1) is 14.4. The molecule has 1 aliphatic carbocycles. The highest BCUT2D eigenvalue weighted by atomic mass is 16.2. The van der Waals surface area contributed by atoms with E-state index in [4.69, 9.17) is 0 Å². The van der Waals surface area contributed by atoms with E-state index in [1.807, 2.05) is 0 Å². The zero-order valence-corrected chi connectivity index (χ0v) is 13.0. The molecule has 1 N–H and O–H groups in total. The Hall–Kier alpha value is -0.570. The third-order valence-electron chi connectivity index (χ3n) is 6.18. The molecule has 1 saturated carbocycles. The molecule has 0 aromatic carbocycles. The second-order valence-electron chi connectivity index (χ2n) is 7.14. The average Bonchev–Trinajstić information content (AvgIpc) is 3.17. The SMILES string of the molecule is CCC1(C(=O)N2CCCC2C2CCNCC2)CCCC1. The summed E-state index contributed by atoms with van der Waals surface area (Å²) >= 11 is 0. The molecule has 2 saturated heterocycles. The third kappa shape index (κ3) is 2.49. The summed E-state index contributed by atoms with van der Waals surface area (Å²) in [4.78, 5) is 15.5. The van der Waals surface area contributed by atoms with Crippen LogP contribution in [0.2, 0.25) is 0 Å². The Balaban J connectivity index is 1.72. The van der Waals surface area contributed by atoms with Crippen molar-refractivity contribution in [2.24, 2.45) is 11.3 Å². The summed E-state index contributed by atoms with van der Waals surface area (Å²) < 4.78 is 0. The fourth-order valence-corrected chi connectivity index (χ4v) is 4.84. The van der Waals surface area contributed by atoms with Crippen molar-refractivity contribution in [3.05, 3.63) is 0 Å². The van der Waals surface area contributed by atoms with Crippen LogP contribution in [0, 0.1) is 11.3 Å². The average molecular weight is 278 g/mol.